The molecule has 6 heteroatoms. The average molecular weight is 269 g/mol. The van der Waals surface area contributed by atoms with Gasteiger partial charge in [-0.25, -0.2) is 4.39 Å². The van der Waals surface area contributed by atoms with Crippen molar-refractivity contribution in [2.75, 3.05) is 5.32 Å². The quantitative estimate of drug-likeness (QED) is 0.837. The fourth-order valence-electron chi connectivity index (χ4n) is 1.62. The molecule has 0 fully saturated rings. The van der Waals surface area contributed by atoms with Gasteiger partial charge in [-0.3, -0.25) is 5.10 Å². The van der Waals surface area contributed by atoms with E-state index in [0.29, 0.717) is 21.6 Å². The molecule has 1 aromatic carbocycles. The van der Waals surface area contributed by atoms with Crippen LogP contribution in [0.15, 0.2) is 12.1 Å². The Morgan fingerprint density at radius 2 is 2.06 bits per heavy atom. The Bertz CT molecular complexity index is 565. The van der Waals surface area contributed by atoms with Crippen molar-refractivity contribution in [1.82, 2.24) is 10.2 Å². The molecule has 0 spiro atoms. The first-order chi connectivity index (χ1) is 8.06. The smallest absolute Gasteiger partial charge is 0.204 e. The standard InChI is InChI=1S/C11H12FN3S2/c1-6-3-8(4-7(2)9(6)12)5-13-10-14-15-11(16)17-10/h3-4H,5H2,1-2H3,(H,13,14)(H,15,16). The lowest BCUT2D eigenvalue weighted by Gasteiger charge is -2.07. The molecule has 1 heterocycles. The molecule has 3 nitrogen and oxygen atoms in total. The van der Waals surface area contributed by atoms with Gasteiger partial charge in [0.1, 0.15) is 5.82 Å². The number of hydrogen-bond donors (Lipinski definition) is 2. The van der Waals surface area contributed by atoms with Gasteiger partial charge in [0.2, 0.25) is 5.13 Å². The van der Waals surface area contributed by atoms with Gasteiger partial charge in [0.15, 0.2) is 3.95 Å². The highest BCUT2D eigenvalue weighted by atomic mass is 32.1. The molecule has 0 bridgehead atoms. The summed E-state index contributed by atoms with van der Waals surface area (Å²) in [5, 5.41) is 10.6. The van der Waals surface area contributed by atoms with E-state index in [4.69, 9.17) is 12.2 Å². The molecule has 2 aromatic rings. The summed E-state index contributed by atoms with van der Waals surface area (Å²) in [4.78, 5) is 0. The largest absolute Gasteiger partial charge is 0.356 e. The van der Waals surface area contributed by atoms with Gasteiger partial charge in [0.25, 0.3) is 0 Å². The van der Waals surface area contributed by atoms with Crippen LogP contribution in [0.1, 0.15) is 16.7 Å². The number of rotatable bonds is 3. The molecule has 1 aromatic heterocycles. The number of nitrogens with one attached hydrogen (secondary N) is 2. The molecule has 0 aliphatic rings. The predicted molar refractivity (Wildman–Crippen MR) is 70.5 cm³/mol. The van der Waals surface area contributed by atoms with Gasteiger partial charge in [-0.1, -0.05) is 23.5 Å². The number of aryl methyl sites for hydroxylation is 2. The van der Waals surface area contributed by atoms with Crippen LogP contribution in [0.3, 0.4) is 0 Å². The summed E-state index contributed by atoms with van der Waals surface area (Å²) in [6.45, 7) is 4.15. The number of anilines is 1. The Morgan fingerprint density at radius 3 is 2.59 bits per heavy atom. The van der Waals surface area contributed by atoms with E-state index >= 15 is 0 Å². The van der Waals surface area contributed by atoms with Gasteiger partial charge in [-0.15, -0.1) is 5.10 Å². The SMILES string of the molecule is Cc1cc(CNc2n[nH]c(=S)s2)cc(C)c1F. The fourth-order valence-corrected chi connectivity index (χ4v) is 2.41. The van der Waals surface area contributed by atoms with Gasteiger partial charge in [0, 0.05) is 6.54 Å². The minimum absolute atomic E-state index is 0.135. The van der Waals surface area contributed by atoms with E-state index in [1.54, 1.807) is 13.8 Å². The van der Waals surface area contributed by atoms with Crippen LogP contribution in [0, 0.1) is 23.6 Å². The summed E-state index contributed by atoms with van der Waals surface area (Å²) in [6, 6.07) is 3.67. The molecular formula is C11H12FN3S2. The predicted octanol–water partition coefficient (Wildman–Crippen LogP) is 3.57. The first-order valence-corrected chi connectivity index (χ1v) is 6.34. The van der Waals surface area contributed by atoms with Crippen LogP contribution in [0.5, 0.6) is 0 Å². The molecule has 90 valence electrons. The minimum atomic E-state index is -0.135. The number of aromatic nitrogens is 2. The summed E-state index contributed by atoms with van der Waals surface area (Å²) >= 11 is 6.31. The van der Waals surface area contributed by atoms with Crippen molar-refractivity contribution in [2.45, 2.75) is 20.4 Å². The molecule has 0 saturated heterocycles. The lowest BCUT2D eigenvalue weighted by molar-refractivity contribution is 0.608. The normalized spacial score (nSPS) is 10.5. The summed E-state index contributed by atoms with van der Waals surface area (Å²) < 4.78 is 14.1. The number of benzene rings is 1. The number of nitrogens with zero attached hydrogens (tertiary/aromatic N) is 1. The third kappa shape index (κ3) is 2.89. The lowest BCUT2D eigenvalue weighted by Crippen LogP contribution is -2.01. The molecule has 0 amide bonds. The highest BCUT2D eigenvalue weighted by Gasteiger charge is 2.04. The Labute approximate surface area is 108 Å². The molecule has 0 saturated carbocycles. The van der Waals surface area contributed by atoms with Crippen LogP contribution in [-0.2, 0) is 6.54 Å². The Morgan fingerprint density at radius 1 is 1.41 bits per heavy atom. The van der Waals surface area contributed by atoms with Gasteiger partial charge in [0.05, 0.1) is 0 Å². The van der Waals surface area contributed by atoms with Crippen LogP contribution >= 0.6 is 23.6 Å². The zero-order valence-corrected chi connectivity index (χ0v) is 11.1. The third-order valence-corrected chi connectivity index (χ3v) is 3.43. The number of H-pyrrole nitrogens is 1. The second kappa shape index (κ2) is 4.93. The molecule has 0 aliphatic carbocycles. The van der Waals surface area contributed by atoms with Crippen molar-refractivity contribution >= 4 is 28.7 Å². The van der Waals surface area contributed by atoms with Crippen LogP contribution < -0.4 is 5.32 Å². The van der Waals surface area contributed by atoms with Gasteiger partial charge < -0.3 is 5.32 Å². The average Bonchev–Trinajstić information content (AvgIpc) is 2.69. The van der Waals surface area contributed by atoms with Crippen LogP contribution in [0.4, 0.5) is 9.52 Å². The van der Waals surface area contributed by atoms with Crippen molar-refractivity contribution in [3.63, 3.8) is 0 Å². The number of aromatic amines is 1. The molecular weight excluding hydrogens is 257 g/mol. The minimum Gasteiger partial charge on any atom is -0.356 e. The van der Waals surface area contributed by atoms with E-state index < -0.39 is 0 Å². The Balaban J connectivity index is 2.12. The monoisotopic (exact) mass is 269 g/mol. The molecule has 0 atom stereocenters. The van der Waals surface area contributed by atoms with Crippen LogP contribution in [-0.4, -0.2) is 10.2 Å². The Kier molecular flexibility index (Phi) is 3.54. The van der Waals surface area contributed by atoms with E-state index in [1.807, 2.05) is 12.1 Å². The van der Waals surface area contributed by atoms with E-state index in [-0.39, 0.29) is 5.82 Å². The zero-order valence-electron chi connectivity index (χ0n) is 9.50. The highest BCUT2D eigenvalue weighted by Crippen LogP contribution is 2.17. The van der Waals surface area contributed by atoms with Crippen molar-refractivity contribution in [1.29, 1.82) is 0 Å². The van der Waals surface area contributed by atoms with Crippen molar-refractivity contribution < 1.29 is 4.39 Å². The van der Waals surface area contributed by atoms with Crippen molar-refractivity contribution in [3.8, 4) is 0 Å². The first-order valence-electron chi connectivity index (χ1n) is 5.11. The van der Waals surface area contributed by atoms with E-state index in [1.165, 1.54) is 11.3 Å². The summed E-state index contributed by atoms with van der Waals surface area (Å²) in [5.41, 5.74) is 2.36. The molecule has 0 unspecified atom stereocenters. The van der Waals surface area contributed by atoms with E-state index in [0.717, 1.165) is 10.7 Å². The van der Waals surface area contributed by atoms with Gasteiger partial charge in [-0.2, -0.15) is 0 Å². The summed E-state index contributed by atoms with van der Waals surface area (Å²) in [7, 11) is 0. The molecule has 0 aliphatic heterocycles. The van der Waals surface area contributed by atoms with Crippen molar-refractivity contribution in [3.05, 3.63) is 38.6 Å². The van der Waals surface area contributed by atoms with Crippen LogP contribution in [0.2, 0.25) is 0 Å². The second-order valence-corrected chi connectivity index (χ2v) is 5.48. The van der Waals surface area contributed by atoms with E-state index in [2.05, 4.69) is 15.5 Å². The van der Waals surface area contributed by atoms with Crippen LogP contribution in [0.25, 0.3) is 0 Å². The van der Waals surface area contributed by atoms with Crippen molar-refractivity contribution in [2.24, 2.45) is 0 Å². The maximum Gasteiger partial charge on any atom is 0.204 e. The second-order valence-electron chi connectivity index (χ2n) is 3.82. The topological polar surface area (TPSA) is 40.7 Å². The molecule has 2 rings (SSSR count). The lowest BCUT2D eigenvalue weighted by atomic mass is 10.1. The number of halogens is 1. The van der Waals surface area contributed by atoms with Gasteiger partial charge in [-0.05, 0) is 42.8 Å². The third-order valence-electron chi connectivity index (χ3n) is 2.38. The van der Waals surface area contributed by atoms with Gasteiger partial charge >= 0.3 is 0 Å². The fraction of sp³-hybridized carbons (Fsp3) is 0.273. The maximum absolute atomic E-state index is 13.4. The molecule has 0 radical (unpaired) electrons. The maximum atomic E-state index is 13.4. The first kappa shape index (κ1) is 12.2. The summed E-state index contributed by atoms with van der Waals surface area (Å²) in [5.74, 6) is -0.135. The molecule has 17 heavy (non-hydrogen) atoms. The van der Waals surface area contributed by atoms with E-state index in [9.17, 15) is 4.39 Å². The zero-order chi connectivity index (χ0) is 12.4. The molecule has 2 N–H and O–H groups in total. The summed E-state index contributed by atoms with van der Waals surface area (Å²) in [6.07, 6.45) is 0. The highest BCUT2D eigenvalue weighted by molar-refractivity contribution is 7.73. The Hall–Kier alpha value is -1.27. The number of hydrogen-bond acceptors (Lipinski definition) is 4.